The minimum Gasteiger partial charge on any atom is -0.351 e. The predicted molar refractivity (Wildman–Crippen MR) is 131 cm³/mol. The van der Waals surface area contributed by atoms with Gasteiger partial charge in [-0.25, -0.2) is 4.68 Å². The number of hydrogen-bond acceptors (Lipinski definition) is 5. The molecule has 2 atom stereocenters. The van der Waals surface area contributed by atoms with Gasteiger partial charge in [0.15, 0.2) is 5.82 Å². The Morgan fingerprint density at radius 2 is 1.61 bits per heavy atom. The molecule has 1 aliphatic heterocycles. The van der Waals surface area contributed by atoms with E-state index in [0.29, 0.717) is 11.7 Å². The average molecular weight is 456 g/mol. The lowest BCUT2D eigenvalue weighted by Gasteiger charge is -2.33. The summed E-state index contributed by atoms with van der Waals surface area (Å²) in [6.07, 6.45) is 0. The summed E-state index contributed by atoms with van der Waals surface area (Å²) >= 11 is 1.44. The molecule has 7 heteroatoms. The zero-order valence-corrected chi connectivity index (χ0v) is 19.3. The maximum Gasteiger partial charge on any atom is 0.236 e. The molecule has 0 fully saturated rings. The number of rotatable bonds is 5. The monoisotopic (exact) mass is 455 g/mol. The van der Waals surface area contributed by atoms with Crippen molar-refractivity contribution in [3.8, 4) is 11.4 Å². The molecule has 1 aliphatic rings. The van der Waals surface area contributed by atoms with Crippen LogP contribution in [-0.4, -0.2) is 26.0 Å². The lowest BCUT2D eigenvalue weighted by molar-refractivity contribution is -0.121. The minimum atomic E-state index is -0.390. The Balaban J connectivity index is 1.44. The van der Waals surface area contributed by atoms with E-state index in [1.807, 2.05) is 47.1 Å². The molecule has 0 spiro atoms. The topological polar surface area (TPSA) is 71.8 Å². The van der Waals surface area contributed by atoms with Gasteiger partial charge in [0.25, 0.3) is 0 Å². The van der Waals surface area contributed by atoms with E-state index in [9.17, 15) is 4.79 Å². The van der Waals surface area contributed by atoms with Crippen molar-refractivity contribution in [2.75, 3.05) is 5.43 Å². The van der Waals surface area contributed by atoms with Gasteiger partial charge in [-0.15, -0.1) is 10.2 Å². The molecule has 166 valence electrons. The summed E-state index contributed by atoms with van der Waals surface area (Å²) in [4.78, 5) is 13.3. The number of aromatic nitrogens is 3. The average Bonchev–Trinajstić information content (AvgIpc) is 3.27. The highest BCUT2D eigenvalue weighted by atomic mass is 32.2. The van der Waals surface area contributed by atoms with Gasteiger partial charge in [0.05, 0.1) is 6.04 Å². The number of carbonyl (C=O) groups excluding carboxylic acids is 1. The first kappa shape index (κ1) is 21.3. The van der Waals surface area contributed by atoms with E-state index in [1.54, 1.807) is 0 Å². The summed E-state index contributed by atoms with van der Waals surface area (Å²) < 4.78 is 1.90. The molecule has 3 aromatic carbocycles. The molecule has 1 amide bonds. The Morgan fingerprint density at radius 3 is 2.30 bits per heavy atom. The number of hydrogen-bond donors (Lipinski definition) is 2. The van der Waals surface area contributed by atoms with Crippen LogP contribution in [0.3, 0.4) is 0 Å². The lowest BCUT2D eigenvalue weighted by atomic mass is 10.0. The van der Waals surface area contributed by atoms with Crippen molar-refractivity contribution < 1.29 is 4.79 Å². The molecule has 33 heavy (non-hydrogen) atoms. The van der Waals surface area contributed by atoms with Crippen LogP contribution < -0.4 is 10.7 Å². The van der Waals surface area contributed by atoms with Gasteiger partial charge in [-0.3, -0.25) is 4.79 Å². The van der Waals surface area contributed by atoms with E-state index in [0.717, 1.165) is 22.5 Å². The molecule has 0 radical (unpaired) electrons. The Bertz CT molecular complexity index is 1250. The van der Waals surface area contributed by atoms with Crippen molar-refractivity contribution in [2.24, 2.45) is 0 Å². The van der Waals surface area contributed by atoms with Gasteiger partial charge in [0.2, 0.25) is 11.1 Å². The molecule has 1 aromatic heterocycles. The third-order valence-corrected chi connectivity index (χ3v) is 6.97. The molecule has 4 aromatic rings. The van der Waals surface area contributed by atoms with Crippen molar-refractivity contribution in [3.63, 3.8) is 0 Å². The van der Waals surface area contributed by atoms with E-state index in [4.69, 9.17) is 0 Å². The number of amides is 1. The van der Waals surface area contributed by atoms with Crippen LogP contribution in [0.2, 0.25) is 0 Å². The van der Waals surface area contributed by atoms with Gasteiger partial charge in [0, 0.05) is 12.1 Å². The molecule has 2 heterocycles. The Hall–Kier alpha value is -3.58. The minimum absolute atomic E-state index is 0.0332. The number of nitrogens with one attached hydrogen (secondary N) is 2. The molecule has 2 unspecified atom stereocenters. The molecule has 0 bridgehead atoms. The molecule has 6 nitrogen and oxygen atoms in total. The predicted octanol–water partition coefficient (Wildman–Crippen LogP) is 4.64. The third-order valence-electron chi connectivity index (χ3n) is 5.75. The van der Waals surface area contributed by atoms with Crippen LogP contribution in [0.5, 0.6) is 0 Å². The van der Waals surface area contributed by atoms with Gasteiger partial charge < -0.3 is 10.7 Å². The van der Waals surface area contributed by atoms with Crippen LogP contribution in [0.15, 0.2) is 84.0 Å². The van der Waals surface area contributed by atoms with Crippen molar-refractivity contribution >= 4 is 17.7 Å². The number of fused-ring (bicyclic) bond motifs is 1. The van der Waals surface area contributed by atoms with Crippen LogP contribution in [0.1, 0.15) is 28.3 Å². The van der Waals surface area contributed by atoms with Gasteiger partial charge >= 0.3 is 0 Å². The molecule has 2 N–H and O–H groups in total. The lowest BCUT2D eigenvalue weighted by Crippen LogP contribution is -2.43. The van der Waals surface area contributed by atoms with Crippen LogP contribution in [0.25, 0.3) is 11.4 Å². The largest absolute Gasteiger partial charge is 0.351 e. The fourth-order valence-electron chi connectivity index (χ4n) is 3.85. The molecule has 0 saturated heterocycles. The summed E-state index contributed by atoms with van der Waals surface area (Å²) in [5, 5.41) is 12.2. The van der Waals surface area contributed by atoms with E-state index in [1.165, 1.54) is 22.9 Å². The second kappa shape index (κ2) is 9.11. The first-order valence-corrected chi connectivity index (χ1v) is 11.8. The van der Waals surface area contributed by atoms with E-state index < -0.39 is 5.25 Å². The standard InChI is InChI=1S/C26H25N5OS/c1-17-8-12-19(13-9-17)16-27-25(32)23-22(20-14-10-18(2)11-15-20)30-31-24(28-29-26(31)33-23)21-6-4-3-5-7-21/h3-15,22-23,30H,16H2,1-2H3,(H,27,32). The van der Waals surface area contributed by atoms with Gasteiger partial charge in [0.1, 0.15) is 5.25 Å². The molecule has 0 aliphatic carbocycles. The van der Waals surface area contributed by atoms with Crippen molar-refractivity contribution in [1.82, 2.24) is 20.2 Å². The highest BCUT2D eigenvalue weighted by molar-refractivity contribution is 8.00. The second-order valence-electron chi connectivity index (χ2n) is 8.27. The zero-order valence-electron chi connectivity index (χ0n) is 18.5. The SMILES string of the molecule is Cc1ccc(CNC(=O)C2Sc3nnc(-c4ccccc4)n3NC2c2ccc(C)cc2)cc1. The smallest absolute Gasteiger partial charge is 0.236 e. The van der Waals surface area contributed by atoms with Crippen LogP contribution in [-0.2, 0) is 11.3 Å². The molecular formula is C26H25N5OS. The van der Waals surface area contributed by atoms with Crippen LogP contribution >= 0.6 is 11.8 Å². The maximum absolute atomic E-state index is 13.3. The number of aryl methyl sites for hydroxylation is 2. The molecule has 0 saturated carbocycles. The summed E-state index contributed by atoms with van der Waals surface area (Å²) in [5.41, 5.74) is 8.99. The maximum atomic E-state index is 13.3. The van der Waals surface area contributed by atoms with Crippen LogP contribution in [0, 0.1) is 13.8 Å². The highest BCUT2D eigenvalue weighted by Crippen LogP contribution is 2.38. The van der Waals surface area contributed by atoms with E-state index >= 15 is 0 Å². The Kier molecular flexibility index (Phi) is 5.88. The summed E-state index contributed by atoms with van der Waals surface area (Å²) in [5.74, 6) is 0.697. The van der Waals surface area contributed by atoms with Gasteiger partial charge in [-0.1, -0.05) is 102 Å². The first-order chi connectivity index (χ1) is 16.1. The number of thioether (sulfide) groups is 1. The zero-order chi connectivity index (χ0) is 22.8. The van der Waals surface area contributed by atoms with Crippen molar-refractivity contribution in [3.05, 3.63) is 101 Å². The number of nitrogens with zero attached hydrogens (tertiary/aromatic N) is 3. The fraction of sp³-hybridized carbons (Fsp3) is 0.192. The third kappa shape index (κ3) is 4.50. The normalized spacial score (nSPS) is 17.2. The van der Waals surface area contributed by atoms with Crippen molar-refractivity contribution in [1.29, 1.82) is 0 Å². The molecule has 5 rings (SSSR count). The van der Waals surface area contributed by atoms with Gasteiger partial charge in [-0.2, -0.15) is 0 Å². The first-order valence-electron chi connectivity index (χ1n) is 10.9. The van der Waals surface area contributed by atoms with Crippen LogP contribution in [0.4, 0.5) is 0 Å². The fourth-order valence-corrected chi connectivity index (χ4v) is 4.95. The Morgan fingerprint density at radius 1 is 0.939 bits per heavy atom. The van der Waals surface area contributed by atoms with Gasteiger partial charge in [-0.05, 0) is 25.0 Å². The van der Waals surface area contributed by atoms with Crippen molar-refractivity contribution in [2.45, 2.75) is 36.8 Å². The number of benzene rings is 3. The Labute approximate surface area is 197 Å². The summed E-state index contributed by atoms with van der Waals surface area (Å²) in [6, 6.07) is 26.2. The second-order valence-corrected chi connectivity index (χ2v) is 9.38. The number of carbonyl (C=O) groups is 1. The van der Waals surface area contributed by atoms with E-state index in [-0.39, 0.29) is 11.9 Å². The quantitative estimate of drug-likeness (QED) is 0.459. The van der Waals surface area contributed by atoms with E-state index in [2.05, 4.69) is 71.2 Å². The molecular weight excluding hydrogens is 430 g/mol. The summed E-state index contributed by atoms with van der Waals surface area (Å²) in [7, 11) is 0. The highest BCUT2D eigenvalue weighted by Gasteiger charge is 2.37. The summed E-state index contributed by atoms with van der Waals surface area (Å²) in [6.45, 7) is 4.60.